The van der Waals surface area contributed by atoms with Gasteiger partial charge in [-0.3, -0.25) is 14.6 Å². The zero-order valence-corrected chi connectivity index (χ0v) is 15.9. The number of halogens is 2. The molecular weight excluding hydrogens is 397 g/mol. The summed E-state index contributed by atoms with van der Waals surface area (Å²) in [5, 5.41) is 5.32. The summed E-state index contributed by atoms with van der Waals surface area (Å²) in [5.41, 5.74) is 1.58. The fourth-order valence-corrected chi connectivity index (χ4v) is 2.60. The molecule has 3 rings (SSSR count). The maximum atomic E-state index is 13.1. The van der Waals surface area contributed by atoms with Gasteiger partial charge >= 0.3 is 0 Å². The summed E-state index contributed by atoms with van der Waals surface area (Å²) in [6, 6.07) is 15.8. The van der Waals surface area contributed by atoms with E-state index < -0.39 is 11.7 Å². The fourth-order valence-electron chi connectivity index (χ4n) is 2.43. The van der Waals surface area contributed by atoms with E-state index in [9.17, 15) is 14.0 Å². The Morgan fingerprint density at radius 3 is 2.69 bits per heavy atom. The van der Waals surface area contributed by atoms with Crippen LogP contribution in [0, 0.1) is 5.82 Å². The summed E-state index contributed by atoms with van der Waals surface area (Å²) in [5.74, 6) is -1.02. The van der Waals surface area contributed by atoms with Crippen molar-refractivity contribution in [3.63, 3.8) is 0 Å². The highest BCUT2D eigenvalue weighted by atomic mass is 35.5. The van der Waals surface area contributed by atoms with Crippen LogP contribution >= 0.6 is 11.6 Å². The Bertz CT molecular complexity index is 1020. The molecule has 1 aromatic heterocycles. The van der Waals surface area contributed by atoms with Crippen molar-refractivity contribution in [2.24, 2.45) is 0 Å². The van der Waals surface area contributed by atoms with Crippen LogP contribution in [0.4, 0.5) is 10.1 Å². The number of rotatable bonds is 7. The molecule has 0 radical (unpaired) electrons. The van der Waals surface area contributed by atoms with Crippen molar-refractivity contribution in [3.8, 4) is 5.75 Å². The summed E-state index contributed by atoms with van der Waals surface area (Å²) in [6.45, 7) is 0.00237. The Labute approximate surface area is 171 Å². The lowest BCUT2D eigenvalue weighted by Crippen LogP contribution is -2.24. The van der Waals surface area contributed by atoms with Crippen molar-refractivity contribution in [1.82, 2.24) is 10.3 Å². The Kier molecular flexibility index (Phi) is 6.76. The second kappa shape index (κ2) is 9.66. The van der Waals surface area contributed by atoms with Gasteiger partial charge in [-0.2, -0.15) is 0 Å². The lowest BCUT2D eigenvalue weighted by Gasteiger charge is -2.10. The van der Waals surface area contributed by atoms with Crippen LogP contribution in [-0.2, 0) is 11.3 Å². The molecule has 0 aliphatic carbocycles. The third kappa shape index (κ3) is 6.02. The first-order chi connectivity index (χ1) is 14.0. The lowest BCUT2D eigenvalue weighted by molar-refractivity contribution is -0.118. The van der Waals surface area contributed by atoms with Gasteiger partial charge in [0.25, 0.3) is 11.8 Å². The Morgan fingerprint density at radius 1 is 1.07 bits per heavy atom. The second-order valence-corrected chi connectivity index (χ2v) is 6.40. The summed E-state index contributed by atoms with van der Waals surface area (Å²) in [4.78, 5) is 28.5. The van der Waals surface area contributed by atoms with Crippen LogP contribution in [-0.4, -0.2) is 23.4 Å². The molecule has 0 saturated heterocycles. The third-order valence-corrected chi connectivity index (χ3v) is 4.12. The van der Waals surface area contributed by atoms with Crippen LogP contribution in [0.5, 0.6) is 5.75 Å². The molecule has 0 fully saturated rings. The minimum Gasteiger partial charge on any atom is -0.484 e. The molecule has 148 valence electrons. The molecule has 0 aliphatic rings. The van der Waals surface area contributed by atoms with Crippen LogP contribution in [0.1, 0.15) is 16.1 Å². The van der Waals surface area contributed by atoms with Crippen LogP contribution in [0.2, 0.25) is 5.02 Å². The van der Waals surface area contributed by atoms with Crippen molar-refractivity contribution in [3.05, 3.63) is 89.0 Å². The molecule has 1 heterocycles. The van der Waals surface area contributed by atoms with E-state index in [1.165, 1.54) is 12.1 Å². The van der Waals surface area contributed by atoms with Gasteiger partial charge < -0.3 is 15.4 Å². The normalized spacial score (nSPS) is 10.3. The SMILES string of the molecule is O=C(COc1ccc(F)c(Cl)c1)Nc1cccc(C(=O)NCc2ccccn2)c1. The van der Waals surface area contributed by atoms with Crippen molar-refractivity contribution >= 4 is 29.1 Å². The number of carbonyl (C=O) groups is 2. The minimum absolute atomic E-state index is 0.0904. The zero-order chi connectivity index (χ0) is 20.6. The standard InChI is InChI=1S/C21H17ClFN3O3/c22-18-11-17(7-8-19(18)23)29-13-20(27)26-15-6-3-4-14(10-15)21(28)25-12-16-5-1-2-9-24-16/h1-11H,12-13H2,(H,25,28)(H,26,27). The highest BCUT2D eigenvalue weighted by molar-refractivity contribution is 6.30. The number of benzene rings is 2. The number of ether oxygens (including phenoxy) is 1. The second-order valence-electron chi connectivity index (χ2n) is 6.00. The number of nitrogens with one attached hydrogen (secondary N) is 2. The first-order valence-corrected chi connectivity index (χ1v) is 9.05. The number of pyridine rings is 1. The predicted octanol–water partition coefficient (Wildman–Crippen LogP) is 3.82. The fraction of sp³-hybridized carbons (Fsp3) is 0.0952. The quantitative estimate of drug-likeness (QED) is 0.617. The Balaban J connectivity index is 1.53. The van der Waals surface area contributed by atoms with Gasteiger partial charge in [-0.25, -0.2) is 4.39 Å². The average Bonchev–Trinajstić information content (AvgIpc) is 2.74. The third-order valence-electron chi connectivity index (χ3n) is 3.83. The summed E-state index contributed by atoms with van der Waals surface area (Å²) in [7, 11) is 0. The van der Waals surface area contributed by atoms with E-state index in [0.29, 0.717) is 17.8 Å². The molecule has 0 saturated carbocycles. The van der Waals surface area contributed by atoms with Crippen molar-refractivity contribution < 1.29 is 18.7 Å². The number of aromatic nitrogens is 1. The first-order valence-electron chi connectivity index (χ1n) is 8.67. The van der Waals surface area contributed by atoms with Crippen molar-refractivity contribution in [2.75, 3.05) is 11.9 Å². The summed E-state index contributed by atoms with van der Waals surface area (Å²) < 4.78 is 18.4. The molecule has 29 heavy (non-hydrogen) atoms. The smallest absolute Gasteiger partial charge is 0.262 e. The van der Waals surface area contributed by atoms with Gasteiger partial charge in [-0.05, 0) is 42.5 Å². The number of hydrogen-bond donors (Lipinski definition) is 2. The number of nitrogens with zero attached hydrogens (tertiary/aromatic N) is 1. The summed E-state index contributed by atoms with van der Waals surface area (Å²) >= 11 is 5.67. The summed E-state index contributed by atoms with van der Waals surface area (Å²) in [6.07, 6.45) is 1.65. The van der Waals surface area contributed by atoms with Crippen LogP contribution in [0.15, 0.2) is 66.9 Å². The van der Waals surface area contributed by atoms with Crippen LogP contribution in [0.25, 0.3) is 0 Å². The molecule has 0 atom stereocenters. The van der Waals surface area contributed by atoms with Gasteiger partial charge in [-0.1, -0.05) is 23.7 Å². The first kappa shape index (κ1) is 20.3. The molecule has 0 unspecified atom stereocenters. The number of anilines is 1. The molecule has 2 N–H and O–H groups in total. The molecule has 6 nitrogen and oxygen atoms in total. The highest BCUT2D eigenvalue weighted by Crippen LogP contribution is 2.21. The van der Waals surface area contributed by atoms with E-state index in [2.05, 4.69) is 15.6 Å². The minimum atomic E-state index is -0.568. The van der Waals surface area contributed by atoms with E-state index in [1.54, 1.807) is 36.5 Å². The molecule has 8 heteroatoms. The van der Waals surface area contributed by atoms with E-state index in [4.69, 9.17) is 16.3 Å². The maximum Gasteiger partial charge on any atom is 0.262 e. The Hall–Kier alpha value is -3.45. The van der Waals surface area contributed by atoms with Gasteiger partial charge in [0.15, 0.2) is 6.61 Å². The average molecular weight is 414 g/mol. The topological polar surface area (TPSA) is 80.3 Å². The van der Waals surface area contributed by atoms with Gasteiger partial charge in [0.05, 0.1) is 17.3 Å². The van der Waals surface area contributed by atoms with Gasteiger partial charge in [0.1, 0.15) is 11.6 Å². The number of amides is 2. The van der Waals surface area contributed by atoms with Gasteiger partial charge in [-0.15, -0.1) is 0 Å². The van der Waals surface area contributed by atoms with E-state index in [1.807, 2.05) is 12.1 Å². The van der Waals surface area contributed by atoms with Crippen LogP contribution in [0.3, 0.4) is 0 Å². The highest BCUT2D eigenvalue weighted by Gasteiger charge is 2.09. The van der Waals surface area contributed by atoms with E-state index in [-0.39, 0.29) is 23.3 Å². The number of hydrogen-bond acceptors (Lipinski definition) is 4. The number of carbonyl (C=O) groups excluding carboxylic acids is 2. The maximum absolute atomic E-state index is 13.1. The van der Waals surface area contributed by atoms with Crippen LogP contribution < -0.4 is 15.4 Å². The Morgan fingerprint density at radius 2 is 1.93 bits per heavy atom. The molecule has 2 aromatic carbocycles. The lowest BCUT2D eigenvalue weighted by atomic mass is 10.2. The monoisotopic (exact) mass is 413 g/mol. The zero-order valence-electron chi connectivity index (χ0n) is 15.2. The van der Waals surface area contributed by atoms with Gasteiger partial charge in [0, 0.05) is 23.5 Å². The van der Waals surface area contributed by atoms with Crippen molar-refractivity contribution in [2.45, 2.75) is 6.54 Å². The molecule has 0 aliphatic heterocycles. The van der Waals surface area contributed by atoms with E-state index in [0.717, 1.165) is 11.8 Å². The van der Waals surface area contributed by atoms with Gasteiger partial charge in [0.2, 0.25) is 0 Å². The largest absolute Gasteiger partial charge is 0.484 e. The molecule has 2 amide bonds. The van der Waals surface area contributed by atoms with Crippen molar-refractivity contribution in [1.29, 1.82) is 0 Å². The van der Waals surface area contributed by atoms with E-state index >= 15 is 0 Å². The molecular formula is C21H17ClFN3O3. The molecule has 3 aromatic rings. The predicted molar refractivity (Wildman–Crippen MR) is 107 cm³/mol. The molecule has 0 spiro atoms. The molecule has 0 bridgehead atoms.